The number of thioether (sulfide) groups is 1. The Kier molecular flexibility index (Phi) is 9.90. The summed E-state index contributed by atoms with van der Waals surface area (Å²) >= 11 is 0.883. The maximum absolute atomic E-state index is 13.1. The number of carbonyl (C=O) groups is 2. The zero-order chi connectivity index (χ0) is 25.2. The van der Waals surface area contributed by atoms with Crippen molar-refractivity contribution in [2.75, 3.05) is 32.8 Å². The molecule has 2 aromatic carbocycles. The van der Waals surface area contributed by atoms with Gasteiger partial charge in [0.05, 0.1) is 38.5 Å². The minimum Gasteiger partial charge on any atom is -0.497 e. The third-order valence-electron chi connectivity index (χ3n) is 5.66. The molecule has 2 aromatic rings. The van der Waals surface area contributed by atoms with Crippen LogP contribution in [0.15, 0.2) is 41.3 Å². The number of methoxy groups -OCH3 is 3. The summed E-state index contributed by atoms with van der Waals surface area (Å²) in [4.78, 5) is 27.2. The summed E-state index contributed by atoms with van der Waals surface area (Å²) in [5.74, 6) is 1.78. The van der Waals surface area contributed by atoms with Crippen LogP contribution in [0.1, 0.15) is 51.0 Å². The molecule has 2 amide bonds. The summed E-state index contributed by atoms with van der Waals surface area (Å²) in [5.41, 5.74) is 1.11. The van der Waals surface area contributed by atoms with Gasteiger partial charge in [-0.2, -0.15) is 0 Å². The quantitative estimate of drug-likeness (QED) is 0.224. The molecular formula is C27H33NO6S. The first-order valence-corrected chi connectivity index (χ1v) is 12.6. The monoisotopic (exact) mass is 499 g/mol. The lowest BCUT2D eigenvalue weighted by Crippen LogP contribution is -2.28. The highest BCUT2D eigenvalue weighted by Gasteiger charge is 2.38. The molecule has 0 N–H and O–H groups in total. The fraction of sp³-hybridized carbons (Fsp3) is 0.407. The predicted molar refractivity (Wildman–Crippen MR) is 140 cm³/mol. The van der Waals surface area contributed by atoms with Gasteiger partial charge >= 0.3 is 0 Å². The Hall–Kier alpha value is -3.13. The molecule has 0 radical (unpaired) electrons. The number of benzene rings is 2. The van der Waals surface area contributed by atoms with Crippen LogP contribution < -0.4 is 23.8 Å². The number of ether oxygens (including phenoxy) is 4. The summed E-state index contributed by atoms with van der Waals surface area (Å²) in [7, 11) is 4.60. The van der Waals surface area contributed by atoms with Crippen molar-refractivity contribution in [1.82, 2.24) is 0 Å². The van der Waals surface area contributed by atoms with E-state index in [2.05, 4.69) is 6.92 Å². The molecule has 0 saturated carbocycles. The molecular weight excluding hydrogens is 466 g/mol. The molecule has 0 bridgehead atoms. The molecule has 0 aromatic heterocycles. The van der Waals surface area contributed by atoms with Crippen LogP contribution in [-0.4, -0.2) is 39.1 Å². The van der Waals surface area contributed by atoms with Crippen molar-refractivity contribution in [1.29, 1.82) is 0 Å². The first kappa shape index (κ1) is 26.5. The van der Waals surface area contributed by atoms with Gasteiger partial charge in [-0.05, 0) is 54.1 Å². The highest BCUT2D eigenvalue weighted by molar-refractivity contribution is 8.19. The van der Waals surface area contributed by atoms with Crippen molar-refractivity contribution in [2.45, 2.75) is 45.4 Å². The number of hydrogen-bond acceptors (Lipinski definition) is 7. The van der Waals surface area contributed by atoms with Gasteiger partial charge in [-0.3, -0.25) is 9.59 Å². The summed E-state index contributed by atoms with van der Waals surface area (Å²) in [6.07, 6.45) is 8.84. The van der Waals surface area contributed by atoms with Gasteiger partial charge < -0.3 is 18.9 Å². The predicted octanol–water partition coefficient (Wildman–Crippen LogP) is 6.69. The van der Waals surface area contributed by atoms with Gasteiger partial charge in [0.2, 0.25) is 0 Å². The summed E-state index contributed by atoms with van der Waals surface area (Å²) in [6, 6.07) is 10.4. The number of unbranched alkanes of at least 4 members (excludes halogenated alkanes) is 5. The second-order valence-electron chi connectivity index (χ2n) is 8.08. The highest BCUT2D eigenvalue weighted by Crippen LogP contribution is 2.41. The van der Waals surface area contributed by atoms with E-state index in [0.717, 1.165) is 35.1 Å². The lowest BCUT2D eigenvalue weighted by molar-refractivity contribution is -0.113. The smallest absolute Gasteiger partial charge is 0.298 e. The number of amides is 2. The molecule has 0 aliphatic carbocycles. The lowest BCUT2D eigenvalue weighted by Gasteiger charge is -2.17. The number of anilines is 1. The molecule has 0 spiro atoms. The molecule has 1 aliphatic heterocycles. The van der Waals surface area contributed by atoms with E-state index in [1.807, 2.05) is 12.1 Å². The van der Waals surface area contributed by atoms with Crippen LogP contribution in [0.25, 0.3) is 6.08 Å². The van der Waals surface area contributed by atoms with E-state index in [-0.39, 0.29) is 0 Å². The first-order chi connectivity index (χ1) is 17.0. The second kappa shape index (κ2) is 13.1. The molecule has 1 heterocycles. The second-order valence-corrected chi connectivity index (χ2v) is 9.07. The van der Waals surface area contributed by atoms with Gasteiger partial charge in [-0.25, -0.2) is 4.90 Å². The summed E-state index contributed by atoms with van der Waals surface area (Å²) in [6.45, 7) is 2.84. The summed E-state index contributed by atoms with van der Waals surface area (Å²) in [5, 5.41) is -0.393. The Morgan fingerprint density at radius 1 is 0.829 bits per heavy atom. The van der Waals surface area contributed by atoms with Crippen molar-refractivity contribution in [2.24, 2.45) is 0 Å². The van der Waals surface area contributed by atoms with E-state index in [1.165, 1.54) is 39.9 Å². The Morgan fingerprint density at radius 3 is 2.29 bits per heavy atom. The largest absolute Gasteiger partial charge is 0.497 e. The van der Waals surface area contributed by atoms with Crippen LogP contribution in [-0.2, 0) is 4.79 Å². The molecule has 0 unspecified atom stereocenters. The third-order valence-corrected chi connectivity index (χ3v) is 6.53. The fourth-order valence-electron chi connectivity index (χ4n) is 3.75. The molecule has 7 nitrogen and oxygen atoms in total. The number of carbonyl (C=O) groups excluding carboxylic acids is 2. The van der Waals surface area contributed by atoms with Crippen molar-refractivity contribution >= 4 is 34.7 Å². The minimum absolute atomic E-state index is 0.315. The highest BCUT2D eigenvalue weighted by atomic mass is 32.2. The van der Waals surface area contributed by atoms with Crippen LogP contribution in [0.3, 0.4) is 0 Å². The van der Waals surface area contributed by atoms with Crippen molar-refractivity contribution in [3.8, 4) is 23.0 Å². The molecule has 0 atom stereocenters. The van der Waals surface area contributed by atoms with E-state index < -0.39 is 11.1 Å². The number of nitrogens with zero attached hydrogens (tertiary/aromatic N) is 1. The van der Waals surface area contributed by atoms with E-state index in [0.29, 0.717) is 40.2 Å². The van der Waals surface area contributed by atoms with Gasteiger partial charge in [0.15, 0.2) is 11.5 Å². The molecule has 1 saturated heterocycles. The third kappa shape index (κ3) is 6.72. The fourth-order valence-corrected chi connectivity index (χ4v) is 4.59. The van der Waals surface area contributed by atoms with Crippen molar-refractivity contribution in [3.63, 3.8) is 0 Å². The van der Waals surface area contributed by atoms with Crippen LogP contribution in [0, 0.1) is 0 Å². The number of hydrogen-bond donors (Lipinski definition) is 0. The Bertz CT molecular complexity index is 1070. The topological polar surface area (TPSA) is 74.3 Å². The SMILES string of the molecule is CCCCCCCCOc1ccc(/C=C2\SC(=O)N(c3ccc(OC)cc3OC)C2=O)cc1OC. The molecule has 1 fully saturated rings. The normalized spacial score (nSPS) is 14.5. The van der Waals surface area contributed by atoms with E-state index in [1.54, 1.807) is 37.5 Å². The average molecular weight is 500 g/mol. The summed E-state index contributed by atoms with van der Waals surface area (Å²) < 4.78 is 22.0. The Labute approximate surface area is 211 Å². The molecule has 8 heteroatoms. The van der Waals surface area contributed by atoms with Gasteiger partial charge in [0.25, 0.3) is 11.1 Å². The molecule has 35 heavy (non-hydrogen) atoms. The van der Waals surface area contributed by atoms with E-state index in [4.69, 9.17) is 18.9 Å². The number of imide groups is 1. The minimum atomic E-state index is -0.411. The van der Waals surface area contributed by atoms with Crippen LogP contribution in [0.4, 0.5) is 10.5 Å². The van der Waals surface area contributed by atoms with Gasteiger partial charge in [-0.1, -0.05) is 45.1 Å². The zero-order valence-electron chi connectivity index (χ0n) is 20.8. The van der Waals surface area contributed by atoms with Crippen LogP contribution in [0.2, 0.25) is 0 Å². The van der Waals surface area contributed by atoms with E-state index >= 15 is 0 Å². The molecule has 188 valence electrons. The Balaban J connectivity index is 1.70. The maximum atomic E-state index is 13.1. The maximum Gasteiger partial charge on any atom is 0.298 e. The standard InChI is InChI=1S/C27H33NO6S/c1-5-6-7-8-9-10-15-34-22-14-11-19(16-24(22)33-4)17-25-26(29)28(27(30)35-25)21-13-12-20(31-2)18-23(21)32-3/h11-14,16-18H,5-10,15H2,1-4H3/b25-17-. The molecule has 1 aliphatic rings. The van der Waals surface area contributed by atoms with Gasteiger partial charge in [-0.15, -0.1) is 0 Å². The van der Waals surface area contributed by atoms with Crippen LogP contribution >= 0.6 is 11.8 Å². The van der Waals surface area contributed by atoms with E-state index in [9.17, 15) is 9.59 Å². The molecule has 3 rings (SSSR count). The van der Waals surface area contributed by atoms with Gasteiger partial charge in [0, 0.05) is 6.07 Å². The number of rotatable bonds is 13. The van der Waals surface area contributed by atoms with Crippen molar-refractivity contribution < 1.29 is 28.5 Å². The van der Waals surface area contributed by atoms with Crippen LogP contribution in [0.5, 0.6) is 23.0 Å². The van der Waals surface area contributed by atoms with Gasteiger partial charge in [0.1, 0.15) is 11.5 Å². The lowest BCUT2D eigenvalue weighted by atomic mass is 10.1. The average Bonchev–Trinajstić information content (AvgIpc) is 3.15. The first-order valence-electron chi connectivity index (χ1n) is 11.8. The Morgan fingerprint density at radius 2 is 1.57 bits per heavy atom. The van der Waals surface area contributed by atoms with Crippen molar-refractivity contribution in [3.05, 3.63) is 46.9 Å². The zero-order valence-corrected chi connectivity index (χ0v) is 21.6.